The van der Waals surface area contributed by atoms with Crippen molar-refractivity contribution in [3.8, 4) is 22.8 Å². The van der Waals surface area contributed by atoms with E-state index < -0.39 is 17.3 Å². The summed E-state index contributed by atoms with van der Waals surface area (Å²) in [6, 6.07) is 4.82. The van der Waals surface area contributed by atoms with Crippen LogP contribution < -0.4 is 15.0 Å². The number of hydrogen-bond donors (Lipinski definition) is 3. The second-order valence-corrected chi connectivity index (χ2v) is 6.43. The molecule has 3 aromatic heterocycles. The number of aromatic carboxylic acids is 1. The Kier molecular flexibility index (Phi) is 4.22. The summed E-state index contributed by atoms with van der Waals surface area (Å²) in [5.41, 5.74) is 0.428. The van der Waals surface area contributed by atoms with E-state index in [2.05, 4.69) is 15.0 Å². The fourth-order valence-corrected chi connectivity index (χ4v) is 3.51. The average Bonchev–Trinajstić information content (AvgIpc) is 3.08. The van der Waals surface area contributed by atoms with Crippen molar-refractivity contribution in [1.82, 2.24) is 15.0 Å². The van der Waals surface area contributed by atoms with Gasteiger partial charge in [0.05, 0.1) is 19.8 Å². The first-order valence-electron chi connectivity index (χ1n) is 8.56. The van der Waals surface area contributed by atoms with Crippen LogP contribution in [0.4, 0.5) is 4.39 Å². The van der Waals surface area contributed by atoms with Crippen molar-refractivity contribution >= 4 is 27.8 Å². The topological polar surface area (TPSA) is 117 Å². The number of rotatable bonds is 4. The Morgan fingerprint density at radius 2 is 2.00 bits per heavy atom. The maximum Gasteiger partial charge on any atom is 0.337 e. The fourth-order valence-electron chi connectivity index (χ4n) is 3.51. The molecule has 9 heteroatoms. The van der Waals surface area contributed by atoms with Crippen molar-refractivity contribution in [2.75, 3.05) is 14.2 Å². The van der Waals surface area contributed by atoms with Gasteiger partial charge < -0.3 is 24.5 Å². The molecule has 0 spiro atoms. The molecule has 3 heterocycles. The first-order valence-corrected chi connectivity index (χ1v) is 8.56. The molecule has 4 aromatic rings. The number of methoxy groups -OCH3 is 2. The Labute approximate surface area is 162 Å². The number of ether oxygens (including phenoxy) is 2. The third-order valence-electron chi connectivity index (χ3n) is 4.72. The van der Waals surface area contributed by atoms with E-state index in [-0.39, 0.29) is 39.2 Å². The number of fused-ring (bicyclic) bond motifs is 2. The van der Waals surface area contributed by atoms with Crippen LogP contribution >= 0.6 is 0 Å². The maximum absolute atomic E-state index is 15.5. The number of aromatic amines is 2. The minimum absolute atomic E-state index is 0.0265. The number of hydrogen-bond acceptors (Lipinski definition) is 5. The molecule has 0 radical (unpaired) electrons. The highest BCUT2D eigenvalue weighted by Gasteiger charge is 2.26. The monoisotopic (exact) mass is 397 g/mol. The number of benzene rings is 1. The highest BCUT2D eigenvalue weighted by Crippen LogP contribution is 2.44. The molecule has 0 fully saturated rings. The predicted molar refractivity (Wildman–Crippen MR) is 104 cm³/mol. The minimum atomic E-state index is -1.31. The van der Waals surface area contributed by atoms with Crippen molar-refractivity contribution < 1.29 is 23.8 Å². The SMILES string of the molecule is COc1nc2c(=O)[nH]cc(C(=O)O)c2c(-c2ccc3[nH]c(C)cc3c2F)c1OC. The second kappa shape index (κ2) is 6.62. The van der Waals surface area contributed by atoms with E-state index in [4.69, 9.17) is 9.47 Å². The molecule has 0 saturated heterocycles. The van der Waals surface area contributed by atoms with E-state index in [1.54, 1.807) is 19.1 Å². The molecule has 0 amide bonds. The van der Waals surface area contributed by atoms with Gasteiger partial charge in [-0.15, -0.1) is 0 Å². The fraction of sp³-hybridized carbons (Fsp3) is 0.150. The third kappa shape index (κ3) is 2.70. The van der Waals surface area contributed by atoms with Crippen LogP contribution in [0.1, 0.15) is 16.1 Å². The lowest BCUT2D eigenvalue weighted by atomic mass is 9.96. The molecule has 0 aliphatic heterocycles. The number of nitrogens with one attached hydrogen (secondary N) is 2. The third-order valence-corrected chi connectivity index (χ3v) is 4.72. The van der Waals surface area contributed by atoms with Crippen LogP contribution in [0.25, 0.3) is 32.9 Å². The van der Waals surface area contributed by atoms with Crippen LogP contribution in [0.2, 0.25) is 0 Å². The Balaban J connectivity index is 2.26. The van der Waals surface area contributed by atoms with E-state index in [1.165, 1.54) is 20.3 Å². The molecule has 8 nitrogen and oxygen atoms in total. The molecule has 29 heavy (non-hydrogen) atoms. The summed E-state index contributed by atoms with van der Waals surface area (Å²) in [5, 5.41) is 9.95. The minimum Gasteiger partial charge on any atom is -0.491 e. The molecule has 0 unspecified atom stereocenters. The van der Waals surface area contributed by atoms with Gasteiger partial charge in [-0.1, -0.05) is 0 Å². The zero-order valence-corrected chi connectivity index (χ0v) is 15.7. The van der Waals surface area contributed by atoms with Gasteiger partial charge in [0.1, 0.15) is 11.3 Å². The summed E-state index contributed by atoms with van der Waals surface area (Å²) < 4.78 is 26.1. The van der Waals surface area contributed by atoms with Crippen molar-refractivity contribution in [3.63, 3.8) is 0 Å². The molecule has 3 N–H and O–H groups in total. The van der Waals surface area contributed by atoms with Gasteiger partial charge in [0, 0.05) is 39.3 Å². The quantitative estimate of drug-likeness (QED) is 0.487. The highest BCUT2D eigenvalue weighted by atomic mass is 19.1. The van der Waals surface area contributed by atoms with E-state index >= 15 is 4.39 Å². The first kappa shape index (κ1) is 18.5. The number of carbonyl (C=O) groups is 1. The Hall–Kier alpha value is -3.88. The number of carboxylic acid groups (broad SMARTS) is 1. The van der Waals surface area contributed by atoms with Crippen LogP contribution in [-0.2, 0) is 0 Å². The van der Waals surface area contributed by atoms with Crippen LogP contribution in [0.15, 0.2) is 29.2 Å². The molecule has 4 rings (SSSR count). The highest BCUT2D eigenvalue weighted by molar-refractivity contribution is 6.11. The molecule has 1 aromatic carbocycles. The van der Waals surface area contributed by atoms with Gasteiger partial charge in [-0.3, -0.25) is 4.79 Å². The van der Waals surface area contributed by atoms with Crippen LogP contribution in [-0.4, -0.2) is 40.2 Å². The normalized spacial score (nSPS) is 11.2. The van der Waals surface area contributed by atoms with Crippen LogP contribution in [0, 0.1) is 12.7 Å². The lowest BCUT2D eigenvalue weighted by molar-refractivity contribution is 0.0698. The standard InChI is InChI=1S/C20H16FN3O5/c1-8-6-10-12(23-8)5-4-9(15(10)21)14-13-11(20(26)27)7-22-18(25)16(13)24-19(29-3)17(14)28-2/h4-7,23H,1-3H3,(H,22,25)(H,26,27). The molecule has 0 aliphatic carbocycles. The average molecular weight is 397 g/mol. The number of halogens is 1. The predicted octanol–water partition coefficient (Wildman–Crippen LogP) is 3.23. The Morgan fingerprint density at radius 1 is 1.24 bits per heavy atom. The Bertz CT molecular complexity index is 1360. The van der Waals surface area contributed by atoms with Crippen molar-refractivity contribution in [2.24, 2.45) is 0 Å². The van der Waals surface area contributed by atoms with E-state index in [0.717, 1.165) is 11.9 Å². The molecule has 0 atom stereocenters. The lowest BCUT2D eigenvalue weighted by Gasteiger charge is -2.16. The van der Waals surface area contributed by atoms with Gasteiger partial charge in [0.2, 0.25) is 0 Å². The molecule has 0 aliphatic rings. The second-order valence-electron chi connectivity index (χ2n) is 6.43. The van der Waals surface area contributed by atoms with Crippen LogP contribution in [0.3, 0.4) is 0 Å². The van der Waals surface area contributed by atoms with Crippen molar-refractivity contribution in [3.05, 3.63) is 51.8 Å². The van der Waals surface area contributed by atoms with Crippen molar-refractivity contribution in [1.29, 1.82) is 0 Å². The van der Waals surface area contributed by atoms with Gasteiger partial charge in [-0.25, -0.2) is 14.2 Å². The van der Waals surface area contributed by atoms with E-state index in [0.29, 0.717) is 10.9 Å². The van der Waals surface area contributed by atoms with Gasteiger partial charge in [-0.05, 0) is 25.1 Å². The van der Waals surface area contributed by atoms with Gasteiger partial charge >= 0.3 is 5.97 Å². The van der Waals surface area contributed by atoms with E-state index in [9.17, 15) is 14.7 Å². The number of aromatic nitrogens is 3. The largest absolute Gasteiger partial charge is 0.491 e. The number of carboxylic acids is 1. The summed E-state index contributed by atoms with van der Waals surface area (Å²) in [5.74, 6) is -1.93. The summed E-state index contributed by atoms with van der Waals surface area (Å²) in [7, 11) is 2.66. The number of aryl methyl sites for hydroxylation is 1. The summed E-state index contributed by atoms with van der Waals surface area (Å²) in [4.78, 5) is 33.7. The first-order chi connectivity index (χ1) is 13.9. The van der Waals surface area contributed by atoms with Crippen LogP contribution in [0.5, 0.6) is 11.6 Å². The number of H-pyrrole nitrogens is 2. The number of pyridine rings is 2. The smallest absolute Gasteiger partial charge is 0.337 e. The molecular formula is C20H16FN3O5. The summed E-state index contributed by atoms with van der Waals surface area (Å²) in [6.07, 6.45) is 1.06. The molecular weight excluding hydrogens is 381 g/mol. The van der Waals surface area contributed by atoms with Gasteiger partial charge in [-0.2, -0.15) is 0 Å². The Morgan fingerprint density at radius 3 is 2.66 bits per heavy atom. The zero-order chi connectivity index (χ0) is 20.9. The molecule has 0 saturated carbocycles. The summed E-state index contributed by atoms with van der Waals surface area (Å²) in [6.45, 7) is 1.80. The zero-order valence-electron chi connectivity index (χ0n) is 15.7. The molecule has 148 valence electrons. The van der Waals surface area contributed by atoms with Gasteiger partial charge in [0.15, 0.2) is 5.75 Å². The van der Waals surface area contributed by atoms with Crippen molar-refractivity contribution in [2.45, 2.75) is 6.92 Å². The molecule has 0 bridgehead atoms. The lowest BCUT2D eigenvalue weighted by Crippen LogP contribution is -2.14. The number of nitrogens with zero attached hydrogens (tertiary/aromatic N) is 1. The maximum atomic E-state index is 15.5. The van der Waals surface area contributed by atoms with Gasteiger partial charge in [0.25, 0.3) is 11.4 Å². The summed E-state index contributed by atoms with van der Waals surface area (Å²) >= 11 is 0. The van der Waals surface area contributed by atoms with E-state index in [1.807, 2.05) is 0 Å².